The van der Waals surface area contributed by atoms with Crippen LogP contribution in [0.25, 0.3) is 10.9 Å². The summed E-state index contributed by atoms with van der Waals surface area (Å²) in [6.45, 7) is 2.09. The minimum Gasteiger partial charge on any atom is -0.493 e. The average molecular weight is 307 g/mol. The molecular weight excluding hydrogens is 288 g/mol. The van der Waals surface area contributed by atoms with E-state index in [1.165, 1.54) is 19.3 Å². The van der Waals surface area contributed by atoms with E-state index in [0.717, 1.165) is 29.8 Å². The number of benzene rings is 1. The fraction of sp³-hybridized carbons (Fsp3) is 0.438. The summed E-state index contributed by atoms with van der Waals surface area (Å²) in [7, 11) is 3.24. The number of fused-ring (bicyclic) bond motifs is 1. The van der Waals surface area contributed by atoms with Crippen molar-refractivity contribution in [2.75, 3.05) is 32.2 Å². The number of pyridine rings is 1. The molecule has 4 nitrogen and oxygen atoms in total. The SMILES string of the molecule is COc1cc2nc(N3CCCCC3)cc(Cl)c2cc1OC. The summed E-state index contributed by atoms with van der Waals surface area (Å²) in [5.41, 5.74) is 0.834. The number of nitrogens with zero attached hydrogens (tertiary/aromatic N) is 2. The van der Waals surface area contributed by atoms with Crippen molar-refractivity contribution in [3.05, 3.63) is 23.2 Å². The van der Waals surface area contributed by atoms with Gasteiger partial charge in [0, 0.05) is 24.5 Å². The minimum atomic E-state index is 0.666. The third-order valence-electron chi connectivity index (χ3n) is 3.93. The van der Waals surface area contributed by atoms with Gasteiger partial charge >= 0.3 is 0 Å². The number of rotatable bonds is 3. The van der Waals surface area contributed by atoms with Crippen LogP contribution in [-0.2, 0) is 0 Å². The molecule has 1 aromatic heterocycles. The van der Waals surface area contributed by atoms with Gasteiger partial charge in [-0.3, -0.25) is 0 Å². The molecule has 1 fully saturated rings. The maximum absolute atomic E-state index is 6.44. The van der Waals surface area contributed by atoms with E-state index in [1.54, 1.807) is 14.2 Å². The smallest absolute Gasteiger partial charge is 0.162 e. The van der Waals surface area contributed by atoms with Crippen LogP contribution in [0.1, 0.15) is 19.3 Å². The molecule has 0 radical (unpaired) electrons. The van der Waals surface area contributed by atoms with Gasteiger partial charge in [0.15, 0.2) is 11.5 Å². The lowest BCUT2D eigenvalue weighted by molar-refractivity contribution is 0.356. The predicted molar refractivity (Wildman–Crippen MR) is 85.9 cm³/mol. The third kappa shape index (κ3) is 2.72. The summed E-state index contributed by atoms with van der Waals surface area (Å²) in [4.78, 5) is 7.05. The van der Waals surface area contributed by atoms with E-state index in [4.69, 9.17) is 26.1 Å². The highest BCUT2D eigenvalue weighted by molar-refractivity contribution is 6.35. The lowest BCUT2D eigenvalue weighted by atomic mass is 10.1. The number of ether oxygens (including phenoxy) is 2. The van der Waals surface area contributed by atoms with Crippen LogP contribution in [0.3, 0.4) is 0 Å². The van der Waals surface area contributed by atoms with E-state index >= 15 is 0 Å². The van der Waals surface area contributed by atoms with Crippen LogP contribution in [0.2, 0.25) is 5.02 Å². The zero-order valence-electron chi connectivity index (χ0n) is 12.4. The molecule has 0 spiro atoms. The van der Waals surface area contributed by atoms with Gasteiger partial charge in [-0.1, -0.05) is 11.6 Å². The predicted octanol–water partition coefficient (Wildman–Crippen LogP) is 3.90. The van der Waals surface area contributed by atoms with Crippen LogP contribution >= 0.6 is 11.6 Å². The molecule has 1 aliphatic heterocycles. The molecule has 3 rings (SSSR count). The average Bonchev–Trinajstić information content (AvgIpc) is 2.54. The molecule has 2 aromatic rings. The second-order valence-electron chi connectivity index (χ2n) is 5.23. The summed E-state index contributed by atoms with van der Waals surface area (Å²) < 4.78 is 10.7. The van der Waals surface area contributed by atoms with Gasteiger partial charge in [0.25, 0.3) is 0 Å². The molecule has 1 saturated heterocycles. The molecule has 21 heavy (non-hydrogen) atoms. The Bertz CT molecular complexity index is 654. The quantitative estimate of drug-likeness (QED) is 0.861. The maximum Gasteiger partial charge on any atom is 0.162 e. The first-order valence-electron chi connectivity index (χ1n) is 7.20. The fourth-order valence-corrected chi connectivity index (χ4v) is 3.03. The van der Waals surface area contributed by atoms with Crippen LogP contribution in [-0.4, -0.2) is 32.3 Å². The molecule has 0 unspecified atom stereocenters. The Morgan fingerprint density at radius 2 is 1.67 bits per heavy atom. The van der Waals surface area contributed by atoms with Crippen LogP contribution in [0.5, 0.6) is 11.5 Å². The number of aromatic nitrogens is 1. The molecule has 112 valence electrons. The van der Waals surface area contributed by atoms with E-state index in [0.29, 0.717) is 16.5 Å². The molecule has 0 amide bonds. The van der Waals surface area contributed by atoms with Crippen LogP contribution < -0.4 is 14.4 Å². The molecule has 1 aliphatic rings. The summed E-state index contributed by atoms with van der Waals surface area (Å²) in [6.07, 6.45) is 3.72. The molecule has 0 aliphatic carbocycles. The van der Waals surface area contributed by atoms with Crippen molar-refractivity contribution in [1.29, 1.82) is 0 Å². The number of hydrogen-bond donors (Lipinski definition) is 0. The molecule has 0 N–H and O–H groups in total. The topological polar surface area (TPSA) is 34.6 Å². The molecular formula is C16H19ClN2O2. The van der Waals surface area contributed by atoms with Crippen LogP contribution in [0, 0.1) is 0 Å². The van der Waals surface area contributed by atoms with E-state index in [1.807, 2.05) is 18.2 Å². The van der Waals surface area contributed by atoms with Crippen LogP contribution in [0.15, 0.2) is 18.2 Å². The van der Waals surface area contributed by atoms with Crippen molar-refractivity contribution in [2.45, 2.75) is 19.3 Å². The molecule has 0 saturated carbocycles. The highest BCUT2D eigenvalue weighted by Crippen LogP contribution is 2.36. The first-order valence-corrected chi connectivity index (χ1v) is 7.58. The second-order valence-corrected chi connectivity index (χ2v) is 5.64. The van der Waals surface area contributed by atoms with E-state index in [9.17, 15) is 0 Å². The third-order valence-corrected chi connectivity index (χ3v) is 4.24. The standard InChI is InChI=1S/C16H19ClN2O2/c1-20-14-8-11-12(17)9-16(19-6-4-3-5-7-19)18-13(11)10-15(14)21-2/h8-10H,3-7H2,1-2H3. The largest absolute Gasteiger partial charge is 0.493 e. The zero-order chi connectivity index (χ0) is 14.8. The van der Waals surface area contributed by atoms with Crippen molar-refractivity contribution in [1.82, 2.24) is 4.98 Å². The van der Waals surface area contributed by atoms with Crippen molar-refractivity contribution < 1.29 is 9.47 Å². The number of methoxy groups -OCH3 is 2. The van der Waals surface area contributed by atoms with Crippen molar-refractivity contribution >= 4 is 28.3 Å². The van der Waals surface area contributed by atoms with Crippen molar-refractivity contribution in [3.8, 4) is 11.5 Å². The van der Waals surface area contributed by atoms with Gasteiger partial charge in [0.1, 0.15) is 5.82 Å². The summed E-state index contributed by atoms with van der Waals surface area (Å²) >= 11 is 6.44. The van der Waals surface area contributed by atoms with Crippen molar-refractivity contribution in [2.24, 2.45) is 0 Å². The van der Waals surface area contributed by atoms with Gasteiger partial charge < -0.3 is 14.4 Å². The minimum absolute atomic E-state index is 0.666. The molecule has 0 atom stereocenters. The highest BCUT2D eigenvalue weighted by atomic mass is 35.5. The molecule has 1 aromatic carbocycles. The van der Waals surface area contributed by atoms with E-state index < -0.39 is 0 Å². The molecule has 5 heteroatoms. The van der Waals surface area contributed by atoms with Gasteiger partial charge in [-0.25, -0.2) is 4.98 Å². The fourth-order valence-electron chi connectivity index (χ4n) is 2.78. The number of halogens is 1. The molecule has 2 heterocycles. The number of hydrogen-bond acceptors (Lipinski definition) is 4. The normalized spacial score (nSPS) is 15.3. The Morgan fingerprint density at radius 3 is 2.33 bits per heavy atom. The van der Waals surface area contributed by atoms with Gasteiger partial charge in [0.2, 0.25) is 0 Å². The molecule has 0 bridgehead atoms. The summed E-state index contributed by atoms with van der Waals surface area (Å²) in [5, 5.41) is 1.58. The van der Waals surface area contributed by atoms with E-state index in [2.05, 4.69) is 4.90 Å². The Hall–Kier alpha value is -1.68. The first kappa shape index (κ1) is 14.3. The second kappa shape index (κ2) is 5.98. The lowest BCUT2D eigenvalue weighted by Crippen LogP contribution is -2.30. The summed E-state index contributed by atoms with van der Waals surface area (Å²) in [6, 6.07) is 5.71. The highest BCUT2D eigenvalue weighted by Gasteiger charge is 2.16. The van der Waals surface area contributed by atoms with Gasteiger partial charge in [-0.15, -0.1) is 0 Å². The van der Waals surface area contributed by atoms with Gasteiger partial charge in [-0.05, 0) is 31.4 Å². The number of piperidine rings is 1. The van der Waals surface area contributed by atoms with Crippen molar-refractivity contribution in [3.63, 3.8) is 0 Å². The first-order chi connectivity index (χ1) is 10.2. The Labute approximate surface area is 129 Å². The van der Waals surface area contributed by atoms with E-state index in [-0.39, 0.29) is 0 Å². The maximum atomic E-state index is 6.44. The van der Waals surface area contributed by atoms with Gasteiger partial charge in [0.05, 0.1) is 24.8 Å². The summed E-state index contributed by atoms with van der Waals surface area (Å²) in [5.74, 6) is 2.28. The Balaban J connectivity index is 2.09. The zero-order valence-corrected chi connectivity index (χ0v) is 13.1. The number of anilines is 1. The monoisotopic (exact) mass is 306 g/mol. The van der Waals surface area contributed by atoms with Crippen LogP contribution in [0.4, 0.5) is 5.82 Å². The Morgan fingerprint density at radius 1 is 1.00 bits per heavy atom. The van der Waals surface area contributed by atoms with Gasteiger partial charge in [-0.2, -0.15) is 0 Å². The lowest BCUT2D eigenvalue weighted by Gasteiger charge is -2.28. The Kier molecular flexibility index (Phi) is 4.06.